The molecule has 0 unspecified atom stereocenters. The molecular formula is C7H12O6S. The molecule has 82 valence electrons. The fraction of sp³-hybridized carbons (Fsp3) is 1.00. The van der Waals surface area contributed by atoms with Crippen LogP contribution < -0.4 is 0 Å². The van der Waals surface area contributed by atoms with Gasteiger partial charge in [-0.3, -0.25) is 4.55 Å². The van der Waals surface area contributed by atoms with Gasteiger partial charge in [-0.2, -0.15) is 8.42 Å². The molecule has 2 aliphatic rings. The summed E-state index contributed by atoms with van der Waals surface area (Å²) in [6.07, 6.45) is -1.54. The summed E-state index contributed by atoms with van der Waals surface area (Å²) >= 11 is 0. The molecule has 4 atom stereocenters. The van der Waals surface area contributed by atoms with Crippen LogP contribution in [0.5, 0.6) is 0 Å². The molecule has 2 saturated heterocycles. The number of hydrogen-bond acceptors (Lipinski definition) is 5. The lowest BCUT2D eigenvalue weighted by atomic mass is 10.0. The topological polar surface area (TPSA) is 93.1 Å². The smallest absolute Gasteiger partial charge is 0.265 e. The Hall–Kier alpha value is -0.210. The zero-order valence-electron chi connectivity index (χ0n) is 7.37. The first-order chi connectivity index (χ1) is 6.47. The van der Waals surface area contributed by atoms with Gasteiger partial charge >= 0.3 is 0 Å². The third-order valence-corrected chi connectivity index (χ3v) is 3.40. The quantitative estimate of drug-likeness (QED) is 0.563. The van der Waals surface area contributed by atoms with Gasteiger partial charge in [-0.25, -0.2) is 0 Å². The lowest BCUT2D eigenvalue weighted by molar-refractivity contribution is 0.0173. The van der Waals surface area contributed by atoms with Crippen molar-refractivity contribution in [3.05, 3.63) is 0 Å². The lowest BCUT2D eigenvalue weighted by Gasteiger charge is -2.13. The standard InChI is InChI=1S/C7H12O6S/c8-5-2-13-6-4(1-12-7(5)6)3-14(9,10)11/h4-8H,1-3H2,(H,9,10,11)/t4-,5+,6-,7+/m0/s1. The largest absolute Gasteiger partial charge is 0.388 e. The molecule has 0 amide bonds. The number of rotatable bonds is 2. The second-order valence-electron chi connectivity index (χ2n) is 3.67. The van der Waals surface area contributed by atoms with Crippen molar-refractivity contribution < 1.29 is 27.6 Å². The Morgan fingerprint density at radius 3 is 2.50 bits per heavy atom. The lowest BCUT2D eigenvalue weighted by Crippen LogP contribution is -2.31. The van der Waals surface area contributed by atoms with Crippen molar-refractivity contribution in [2.24, 2.45) is 5.92 Å². The first-order valence-corrected chi connectivity index (χ1v) is 5.95. The van der Waals surface area contributed by atoms with Crippen LogP contribution in [0.15, 0.2) is 0 Å². The highest BCUT2D eigenvalue weighted by Crippen LogP contribution is 2.31. The molecule has 2 heterocycles. The Balaban J connectivity index is 2.04. The molecule has 0 spiro atoms. The fourth-order valence-corrected chi connectivity index (χ4v) is 2.80. The van der Waals surface area contributed by atoms with Gasteiger partial charge in [0, 0.05) is 5.92 Å². The van der Waals surface area contributed by atoms with Gasteiger partial charge in [0.2, 0.25) is 0 Å². The van der Waals surface area contributed by atoms with E-state index in [0.717, 1.165) is 0 Å². The van der Waals surface area contributed by atoms with Crippen LogP contribution in [0.2, 0.25) is 0 Å². The van der Waals surface area contributed by atoms with Gasteiger partial charge in [-0.05, 0) is 0 Å². The van der Waals surface area contributed by atoms with Crippen LogP contribution in [0.25, 0.3) is 0 Å². The maximum atomic E-state index is 10.6. The summed E-state index contributed by atoms with van der Waals surface area (Å²) < 4.78 is 40.3. The average molecular weight is 224 g/mol. The predicted octanol–water partition coefficient (Wildman–Crippen LogP) is -1.35. The molecule has 0 aliphatic carbocycles. The third kappa shape index (κ3) is 1.91. The van der Waals surface area contributed by atoms with Gasteiger partial charge in [0.25, 0.3) is 10.1 Å². The zero-order chi connectivity index (χ0) is 10.3. The Morgan fingerprint density at radius 1 is 1.21 bits per heavy atom. The summed E-state index contributed by atoms with van der Waals surface area (Å²) in [4.78, 5) is 0. The third-order valence-electron chi connectivity index (χ3n) is 2.55. The Kier molecular flexibility index (Phi) is 2.52. The van der Waals surface area contributed by atoms with E-state index in [9.17, 15) is 13.5 Å². The molecule has 2 N–H and O–H groups in total. The minimum atomic E-state index is -4.01. The molecule has 0 saturated carbocycles. The fourth-order valence-electron chi connectivity index (χ4n) is 1.97. The number of fused-ring (bicyclic) bond motifs is 1. The molecule has 2 rings (SSSR count). The first-order valence-electron chi connectivity index (χ1n) is 4.34. The summed E-state index contributed by atoms with van der Waals surface area (Å²) in [5.41, 5.74) is 0. The maximum absolute atomic E-state index is 10.6. The van der Waals surface area contributed by atoms with Crippen molar-refractivity contribution in [1.29, 1.82) is 0 Å². The summed E-state index contributed by atoms with van der Waals surface area (Å²) in [6, 6.07) is 0. The number of ether oxygens (including phenoxy) is 2. The number of aliphatic hydroxyl groups excluding tert-OH is 1. The van der Waals surface area contributed by atoms with Crippen molar-refractivity contribution in [2.75, 3.05) is 19.0 Å². The average Bonchev–Trinajstić information content (AvgIpc) is 2.55. The van der Waals surface area contributed by atoms with Gasteiger partial charge < -0.3 is 14.6 Å². The number of aliphatic hydroxyl groups is 1. The molecule has 0 bridgehead atoms. The minimum absolute atomic E-state index is 0.164. The highest BCUT2D eigenvalue weighted by atomic mass is 32.2. The second-order valence-corrected chi connectivity index (χ2v) is 5.17. The van der Waals surface area contributed by atoms with Crippen LogP contribution in [0.3, 0.4) is 0 Å². The zero-order valence-corrected chi connectivity index (χ0v) is 8.18. The van der Waals surface area contributed by atoms with Crippen molar-refractivity contribution in [3.8, 4) is 0 Å². The number of hydrogen-bond donors (Lipinski definition) is 2. The van der Waals surface area contributed by atoms with E-state index in [-0.39, 0.29) is 24.9 Å². The summed E-state index contributed by atoms with van der Waals surface area (Å²) in [7, 11) is -4.01. The van der Waals surface area contributed by atoms with Crippen molar-refractivity contribution >= 4 is 10.1 Å². The van der Waals surface area contributed by atoms with Gasteiger partial charge in [-0.15, -0.1) is 0 Å². The second kappa shape index (κ2) is 3.42. The summed E-state index contributed by atoms with van der Waals surface area (Å²) in [6.45, 7) is 0.365. The Bertz CT molecular complexity index is 312. The molecule has 6 nitrogen and oxygen atoms in total. The first kappa shape index (κ1) is 10.3. The highest BCUT2D eigenvalue weighted by molar-refractivity contribution is 7.85. The van der Waals surface area contributed by atoms with Gasteiger partial charge in [0.15, 0.2) is 0 Å². The van der Waals surface area contributed by atoms with Gasteiger partial charge in [0.05, 0.1) is 25.1 Å². The van der Waals surface area contributed by atoms with E-state index >= 15 is 0 Å². The summed E-state index contributed by atoms with van der Waals surface area (Å²) in [5, 5.41) is 9.35. The van der Waals surface area contributed by atoms with Crippen LogP contribution in [-0.2, 0) is 19.6 Å². The SMILES string of the molecule is O=S(=O)(O)C[C@@H]1CO[C@H]2[C@H]1OC[C@H]2O. The van der Waals surface area contributed by atoms with Crippen molar-refractivity contribution in [3.63, 3.8) is 0 Å². The Labute approximate surface area is 81.6 Å². The molecule has 0 aromatic heterocycles. The van der Waals surface area contributed by atoms with E-state index in [1.807, 2.05) is 0 Å². The van der Waals surface area contributed by atoms with Crippen LogP contribution in [0.1, 0.15) is 0 Å². The molecule has 0 aromatic rings. The maximum Gasteiger partial charge on any atom is 0.265 e. The van der Waals surface area contributed by atoms with E-state index in [2.05, 4.69) is 0 Å². The van der Waals surface area contributed by atoms with Crippen LogP contribution >= 0.6 is 0 Å². The molecule has 0 radical (unpaired) electrons. The van der Waals surface area contributed by atoms with E-state index < -0.39 is 28.4 Å². The highest BCUT2D eigenvalue weighted by Gasteiger charge is 2.47. The molecule has 14 heavy (non-hydrogen) atoms. The molecule has 7 heteroatoms. The molecule has 2 aliphatic heterocycles. The van der Waals surface area contributed by atoms with E-state index in [1.165, 1.54) is 0 Å². The van der Waals surface area contributed by atoms with E-state index in [4.69, 9.17) is 14.0 Å². The van der Waals surface area contributed by atoms with E-state index in [1.54, 1.807) is 0 Å². The normalized spacial score (nSPS) is 42.7. The van der Waals surface area contributed by atoms with Crippen LogP contribution in [0, 0.1) is 5.92 Å². The van der Waals surface area contributed by atoms with Crippen LogP contribution in [0.4, 0.5) is 0 Å². The summed E-state index contributed by atoms with van der Waals surface area (Å²) in [5.74, 6) is -0.756. The van der Waals surface area contributed by atoms with Crippen LogP contribution in [-0.4, -0.2) is 55.4 Å². The van der Waals surface area contributed by atoms with Gasteiger partial charge in [-0.1, -0.05) is 0 Å². The van der Waals surface area contributed by atoms with Crippen molar-refractivity contribution in [2.45, 2.75) is 18.3 Å². The van der Waals surface area contributed by atoms with Gasteiger partial charge in [0.1, 0.15) is 12.2 Å². The molecule has 2 fully saturated rings. The molecular weight excluding hydrogens is 212 g/mol. The predicted molar refractivity (Wildman–Crippen MR) is 45.4 cm³/mol. The molecule has 0 aromatic carbocycles. The van der Waals surface area contributed by atoms with Crippen molar-refractivity contribution in [1.82, 2.24) is 0 Å². The Morgan fingerprint density at radius 2 is 1.86 bits per heavy atom. The minimum Gasteiger partial charge on any atom is -0.388 e. The van der Waals surface area contributed by atoms with E-state index in [0.29, 0.717) is 0 Å². The monoisotopic (exact) mass is 224 g/mol.